The molecule has 2 atom stereocenters. The van der Waals surface area contributed by atoms with Crippen LogP contribution in [-0.2, 0) is 16.1 Å². The second-order valence-corrected chi connectivity index (χ2v) is 10.7. The zero-order chi connectivity index (χ0) is 27.4. The van der Waals surface area contributed by atoms with Gasteiger partial charge < -0.3 is 29.7 Å². The Labute approximate surface area is 229 Å². The summed E-state index contributed by atoms with van der Waals surface area (Å²) in [6, 6.07) is 10.3. The summed E-state index contributed by atoms with van der Waals surface area (Å²) in [6.07, 6.45) is 5.43. The summed E-state index contributed by atoms with van der Waals surface area (Å²) in [4.78, 5) is 40.9. The van der Waals surface area contributed by atoms with Gasteiger partial charge in [0.05, 0.1) is 13.2 Å². The first-order valence-electron chi connectivity index (χ1n) is 13.8. The second kappa shape index (κ2) is 12.0. The Bertz CT molecular complexity index is 1230. The van der Waals surface area contributed by atoms with Gasteiger partial charge in [0.15, 0.2) is 6.61 Å². The van der Waals surface area contributed by atoms with Gasteiger partial charge in [-0.3, -0.25) is 14.4 Å². The number of amides is 3. The molecule has 39 heavy (non-hydrogen) atoms. The summed E-state index contributed by atoms with van der Waals surface area (Å²) in [5, 5.41) is 5.97. The number of likely N-dealkylation sites (tertiary alicyclic amines) is 1. The molecule has 3 heterocycles. The Hall–Kier alpha value is -3.75. The van der Waals surface area contributed by atoms with Gasteiger partial charge in [-0.2, -0.15) is 0 Å². The Kier molecular flexibility index (Phi) is 8.24. The number of piperidine rings is 1. The van der Waals surface area contributed by atoms with E-state index in [1.165, 1.54) is 12.8 Å². The molecule has 0 aromatic heterocycles. The van der Waals surface area contributed by atoms with Crippen LogP contribution < -0.4 is 24.8 Å². The zero-order valence-corrected chi connectivity index (χ0v) is 22.7. The molecule has 9 heteroatoms. The summed E-state index contributed by atoms with van der Waals surface area (Å²) in [6.45, 7) is 2.91. The Morgan fingerprint density at radius 1 is 1.10 bits per heavy atom. The minimum atomic E-state index is -0.408. The van der Waals surface area contributed by atoms with E-state index in [4.69, 9.17) is 14.2 Å². The topological polar surface area (TPSA) is 106 Å². The maximum atomic E-state index is 13.4. The van der Waals surface area contributed by atoms with Gasteiger partial charge >= 0.3 is 0 Å². The average molecular weight is 536 g/mol. The lowest BCUT2D eigenvalue weighted by molar-refractivity contribution is -0.134. The minimum Gasteiger partial charge on any atom is -0.496 e. The van der Waals surface area contributed by atoms with Gasteiger partial charge in [0.1, 0.15) is 23.4 Å². The van der Waals surface area contributed by atoms with Crippen molar-refractivity contribution in [1.82, 2.24) is 15.5 Å². The SMILES string of the molecule is COc1cc2ccc1CNC(=O)COc1cc(ccc1C)C(=O)N[C@H]1CN(C(=O)CC3CCCC3)CC[C@H]1O2. The number of carbonyl (C=O) groups is 3. The molecular weight excluding hydrogens is 498 g/mol. The summed E-state index contributed by atoms with van der Waals surface area (Å²) < 4.78 is 17.7. The molecule has 1 saturated carbocycles. The highest BCUT2D eigenvalue weighted by Crippen LogP contribution is 2.30. The lowest BCUT2D eigenvalue weighted by Gasteiger charge is -2.39. The molecule has 1 saturated heterocycles. The van der Waals surface area contributed by atoms with Crippen LogP contribution in [0.4, 0.5) is 0 Å². The van der Waals surface area contributed by atoms with Crippen molar-refractivity contribution >= 4 is 17.7 Å². The van der Waals surface area contributed by atoms with Crippen LogP contribution in [0.2, 0.25) is 0 Å². The first kappa shape index (κ1) is 26.8. The van der Waals surface area contributed by atoms with Crippen LogP contribution in [0.1, 0.15) is 60.0 Å². The number of hydrogen-bond donors (Lipinski definition) is 2. The quantitative estimate of drug-likeness (QED) is 0.624. The highest BCUT2D eigenvalue weighted by Gasteiger charge is 2.35. The Morgan fingerprint density at radius 3 is 2.72 bits per heavy atom. The van der Waals surface area contributed by atoms with E-state index in [2.05, 4.69) is 10.6 Å². The molecule has 4 bridgehead atoms. The van der Waals surface area contributed by atoms with E-state index in [1.807, 2.05) is 24.0 Å². The summed E-state index contributed by atoms with van der Waals surface area (Å²) >= 11 is 0. The highest BCUT2D eigenvalue weighted by atomic mass is 16.5. The number of hydrogen-bond acceptors (Lipinski definition) is 6. The third-order valence-corrected chi connectivity index (χ3v) is 7.99. The molecule has 9 nitrogen and oxygen atoms in total. The molecule has 3 amide bonds. The number of ether oxygens (including phenoxy) is 3. The number of aryl methyl sites for hydroxylation is 1. The van der Waals surface area contributed by atoms with Gasteiger partial charge in [-0.1, -0.05) is 18.9 Å². The first-order chi connectivity index (χ1) is 18.9. The number of rotatable bonds is 3. The molecule has 2 aromatic rings. The normalized spacial score (nSPS) is 22.2. The van der Waals surface area contributed by atoms with Gasteiger partial charge in [-0.25, -0.2) is 0 Å². The van der Waals surface area contributed by atoms with Gasteiger partial charge in [0.25, 0.3) is 11.8 Å². The van der Waals surface area contributed by atoms with Crippen molar-refractivity contribution in [3.63, 3.8) is 0 Å². The van der Waals surface area contributed by atoms with E-state index < -0.39 is 6.04 Å². The smallest absolute Gasteiger partial charge is 0.258 e. The molecule has 2 aromatic carbocycles. The van der Waals surface area contributed by atoms with Gasteiger partial charge in [-0.05, 0) is 55.5 Å². The Balaban J connectivity index is 1.42. The lowest BCUT2D eigenvalue weighted by Crippen LogP contribution is -2.58. The van der Waals surface area contributed by atoms with Crippen molar-refractivity contribution in [3.8, 4) is 17.2 Å². The number of nitrogens with one attached hydrogen (secondary N) is 2. The van der Waals surface area contributed by atoms with Gasteiger partial charge in [0.2, 0.25) is 5.91 Å². The minimum absolute atomic E-state index is 0.146. The molecule has 1 aliphatic carbocycles. The molecule has 2 N–H and O–H groups in total. The first-order valence-corrected chi connectivity index (χ1v) is 13.8. The summed E-state index contributed by atoms with van der Waals surface area (Å²) in [5.41, 5.74) is 2.04. The van der Waals surface area contributed by atoms with Crippen LogP contribution in [0, 0.1) is 12.8 Å². The van der Waals surface area contributed by atoms with Gasteiger partial charge in [0, 0.05) is 49.7 Å². The Morgan fingerprint density at radius 2 is 1.92 bits per heavy atom. The maximum absolute atomic E-state index is 13.4. The lowest BCUT2D eigenvalue weighted by atomic mass is 9.98. The zero-order valence-electron chi connectivity index (χ0n) is 22.7. The number of carbonyl (C=O) groups excluding carboxylic acids is 3. The predicted octanol–water partition coefficient (Wildman–Crippen LogP) is 3.37. The number of nitrogens with zero attached hydrogens (tertiary/aromatic N) is 1. The van der Waals surface area contributed by atoms with Crippen molar-refractivity contribution < 1.29 is 28.6 Å². The number of fused-ring (bicyclic) bond motifs is 7. The maximum Gasteiger partial charge on any atom is 0.258 e. The molecular formula is C30H37N3O6. The van der Waals surface area contributed by atoms with Crippen LogP contribution in [0.15, 0.2) is 36.4 Å². The average Bonchev–Trinajstić information content (AvgIpc) is 3.45. The van der Waals surface area contributed by atoms with Crippen molar-refractivity contribution in [3.05, 3.63) is 53.1 Å². The fourth-order valence-electron chi connectivity index (χ4n) is 5.68. The summed E-state index contributed by atoms with van der Waals surface area (Å²) in [7, 11) is 1.57. The molecule has 4 aliphatic rings. The molecule has 0 unspecified atom stereocenters. The molecule has 0 spiro atoms. The molecule has 3 aliphatic heterocycles. The van der Waals surface area contributed by atoms with Crippen molar-refractivity contribution in [2.24, 2.45) is 5.92 Å². The highest BCUT2D eigenvalue weighted by molar-refractivity contribution is 5.95. The van der Waals surface area contributed by atoms with Crippen molar-refractivity contribution in [2.45, 2.75) is 64.1 Å². The van der Waals surface area contributed by atoms with E-state index in [0.29, 0.717) is 54.7 Å². The molecule has 208 valence electrons. The van der Waals surface area contributed by atoms with E-state index in [9.17, 15) is 14.4 Å². The van der Waals surface area contributed by atoms with E-state index in [1.54, 1.807) is 31.4 Å². The molecule has 6 rings (SSSR count). The largest absolute Gasteiger partial charge is 0.496 e. The molecule has 0 radical (unpaired) electrons. The van der Waals surface area contributed by atoms with Crippen molar-refractivity contribution in [1.29, 1.82) is 0 Å². The van der Waals surface area contributed by atoms with Crippen LogP contribution >= 0.6 is 0 Å². The fourth-order valence-corrected chi connectivity index (χ4v) is 5.68. The second-order valence-electron chi connectivity index (χ2n) is 10.7. The van der Waals surface area contributed by atoms with Crippen molar-refractivity contribution in [2.75, 3.05) is 26.8 Å². The van der Waals surface area contributed by atoms with E-state index >= 15 is 0 Å². The van der Waals surface area contributed by atoms with Crippen LogP contribution in [-0.4, -0.2) is 61.6 Å². The van der Waals surface area contributed by atoms with Crippen LogP contribution in [0.5, 0.6) is 17.2 Å². The predicted molar refractivity (Wildman–Crippen MR) is 145 cm³/mol. The fraction of sp³-hybridized carbons (Fsp3) is 0.500. The number of methoxy groups -OCH3 is 1. The third-order valence-electron chi connectivity index (χ3n) is 7.99. The monoisotopic (exact) mass is 535 g/mol. The van der Waals surface area contributed by atoms with Crippen LogP contribution in [0.25, 0.3) is 0 Å². The van der Waals surface area contributed by atoms with E-state index in [0.717, 1.165) is 24.0 Å². The number of benzene rings is 2. The van der Waals surface area contributed by atoms with Crippen LogP contribution in [0.3, 0.4) is 0 Å². The van der Waals surface area contributed by atoms with E-state index in [-0.39, 0.29) is 37.0 Å². The van der Waals surface area contributed by atoms with Gasteiger partial charge in [-0.15, -0.1) is 0 Å². The third kappa shape index (κ3) is 6.46. The summed E-state index contributed by atoms with van der Waals surface area (Å²) in [5.74, 6) is 1.68. The standard InChI is InChI=1S/C30H37N3O6/c1-19-7-8-21-14-26(19)38-18-28(34)31-16-22-9-10-23(15-27(22)37-2)39-25-11-12-33(17-24(25)32-30(21)36)29(35)13-20-5-3-4-6-20/h7-10,14-15,20,24-25H,3-6,11-13,16-18H2,1-2H3,(H,31,34)(H,32,36)/t24-,25+/m0/s1. The molecule has 2 fully saturated rings.